The highest BCUT2D eigenvalue weighted by atomic mass is 19.1. The number of pyridine rings is 1. The maximum atomic E-state index is 12.7. The van der Waals surface area contributed by atoms with Crippen LogP contribution < -0.4 is 10.6 Å². The number of aryl methyl sites for hydroxylation is 1. The molecule has 2 amide bonds. The molecule has 6 nitrogen and oxygen atoms in total. The minimum absolute atomic E-state index is 0.327. The normalized spacial score (nSPS) is 17.1. The zero-order valence-electron chi connectivity index (χ0n) is 11.4. The molecule has 2 aromatic heterocycles. The van der Waals surface area contributed by atoms with E-state index in [1.165, 1.54) is 12.1 Å². The van der Waals surface area contributed by atoms with Crippen molar-refractivity contribution < 1.29 is 9.18 Å². The number of nitrogens with zero attached hydrogens (tertiary/aromatic N) is 3. The molecule has 3 rings (SSSR count). The third-order valence-corrected chi connectivity index (χ3v) is 3.57. The van der Waals surface area contributed by atoms with Crippen molar-refractivity contribution in [3.8, 4) is 0 Å². The number of imidazole rings is 1. The van der Waals surface area contributed by atoms with Gasteiger partial charge < -0.3 is 9.88 Å². The first-order valence-electron chi connectivity index (χ1n) is 6.87. The maximum Gasteiger partial charge on any atom is 0.320 e. The van der Waals surface area contributed by atoms with Gasteiger partial charge in [-0.3, -0.25) is 5.32 Å². The summed E-state index contributed by atoms with van der Waals surface area (Å²) in [4.78, 5) is 19.8. The quantitative estimate of drug-likeness (QED) is 0.905. The summed E-state index contributed by atoms with van der Waals surface area (Å²) in [6, 6.07) is 2.35. The van der Waals surface area contributed by atoms with Gasteiger partial charge >= 0.3 is 6.03 Å². The number of carbonyl (C=O) groups is 1. The van der Waals surface area contributed by atoms with Crippen molar-refractivity contribution in [3.63, 3.8) is 0 Å². The van der Waals surface area contributed by atoms with Gasteiger partial charge in [-0.1, -0.05) is 0 Å². The molecule has 2 aromatic rings. The zero-order chi connectivity index (χ0) is 14.7. The summed E-state index contributed by atoms with van der Waals surface area (Å²) >= 11 is 0. The number of rotatable bonds is 3. The summed E-state index contributed by atoms with van der Waals surface area (Å²) in [5.74, 6) is 1.34. The van der Waals surface area contributed by atoms with Crippen LogP contribution in [0.2, 0.25) is 0 Å². The average molecular weight is 289 g/mol. The molecule has 1 aliphatic heterocycles. The summed E-state index contributed by atoms with van der Waals surface area (Å²) < 4.78 is 14.8. The van der Waals surface area contributed by atoms with Crippen LogP contribution in [-0.4, -0.2) is 27.1 Å². The van der Waals surface area contributed by atoms with Gasteiger partial charge in [0.2, 0.25) is 0 Å². The van der Waals surface area contributed by atoms with Gasteiger partial charge in [-0.25, -0.2) is 19.2 Å². The Labute approximate surface area is 121 Å². The van der Waals surface area contributed by atoms with E-state index in [1.807, 2.05) is 6.20 Å². The fourth-order valence-electron chi connectivity index (χ4n) is 2.44. The van der Waals surface area contributed by atoms with Crippen LogP contribution in [0.5, 0.6) is 0 Å². The van der Waals surface area contributed by atoms with Crippen LogP contribution in [0, 0.1) is 11.7 Å². The lowest BCUT2D eigenvalue weighted by molar-refractivity contribution is 0.248. The number of anilines is 1. The molecule has 0 saturated heterocycles. The predicted octanol–water partition coefficient (Wildman–Crippen LogP) is 1.80. The predicted molar refractivity (Wildman–Crippen MR) is 75.3 cm³/mol. The van der Waals surface area contributed by atoms with E-state index in [1.54, 1.807) is 6.20 Å². The van der Waals surface area contributed by atoms with Crippen molar-refractivity contribution in [2.75, 3.05) is 11.9 Å². The largest absolute Gasteiger partial charge is 0.338 e. The van der Waals surface area contributed by atoms with Crippen molar-refractivity contribution in [3.05, 3.63) is 42.4 Å². The molecule has 0 radical (unpaired) electrons. The van der Waals surface area contributed by atoms with Crippen LogP contribution in [0.4, 0.5) is 15.0 Å². The molecule has 2 N–H and O–H groups in total. The van der Waals surface area contributed by atoms with Crippen LogP contribution in [0.25, 0.3) is 0 Å². The monoisotopic (exact) mass is 289 g/mol. The Morgan fingerprint density at radius 1 is 1.43 bits per heavy atom. The molecule has 3 heterocycles. The van der Waals surface area contributed by atoms with Crippen LogP contribution >= 0.6 is 0 Å². The van der Waals surface area contributed by atoms with Gasteiger partial charge in [-0.05, 0) is 24.5 Å². The molecule has 110 valence electrons. The molecule has 0 saturated carbocycles. The second kappa shape index (κ2) is 5.90. The standard InChI is InChI=1S/C14H16FN5O/c15-11-1-2-12(17-9-11)19-14(21)18-8-10-3-5-20-6-4-16-13(20)7-10/h1-2,4,6,9-10H,3,5,7-8H2,(H2,17,18,19,21)/t10-/m0/s1. The first-order chi connectivity index (χ1) is 10.2. The fourth-order valence-corrected chi connectivity index (χ4v) is 2.44. The van der Waals surface area contributed by atoms with Crippen molar-refractivity contribution in [2.24, 2.45) is 5.92 Å². The number of hydrogen-bond donors (Lipinski definition) is 2. The molecule has 21 heavy (non-hydrogen) atoms. The molecule has 0 aliphatic carbocycles. The molecular formula is C14H16FN5O. The topological polar surface area (TPSA) is 71.8 Å². The Morgan fingerprint density at radius 3 is 3.14 bits per heavy atom. The van der Waals surface area contributed by atoms with E-state index >= 15 is 0 Å². The van der Waals surface area contributed by atoms with Gasteiger partial charge in [0.25, 0.3) is 0 Å². The van der Waals surface area contributed by atoms with Crippen LogP contribution in [0.1, 0.15) is 12.2 Å². The highest BCUT2D eigenvalue weighted by molar-refractivity contribution is 5.88. The van der Waals surface area contributed by atoms with Gasteiger partial charge in [0.05, 0.1) is 6.20 Å². The lowest BCUT2D eigenvalue weighted by atomic mass is 9.98. The van der Waals surface area contributed by atoms with Gasteiger partial charge in [0, 0.05) is 31.9 Å². The molecular weight excluding hydrogens is 273 g/mol. The number of halogens is 1. The van der Waals surface area contributed by atoms with E-state index in [0.29, 0.717) is 18.3 Å². The van der Waals surface area contributed by atoms with Crippen LogP contribution in [0.15, 0.2) is 30.7 Å². The smallest absolute Gasteiger partial charge is 0.320 e. The molecule has 1 aliphatic rings. The minimum Gasteiger partial charge on any atom is -0.338 e. The van der Waals surface area contributed by atoms with Crippen LogP contribution in [-0.2, 0) is 13.0 Å². The second-order valence-corrected chi connectivity index (χ2v) is 5.09. The van der Waals surface area contributed by atoms with Crippen LogP contribution in [0.3, 0.4) is 0 Å². The van der Waals surface area contributed by atoms with Crippen molar-refractivity contribution in [1.82, 2.24) is 19.9 Å². The minimum atomic E-state index is -0.432. The molecule has 0 aromatic carbocycles. The number of nitrogens with one attached hydrogen (secondary N) is 2. The maximum absolute atomic E-state index is 12.7. The number of urea groups is 1. The van der Waals surface area contributed by atoms with Gasteiger partial charge in [-0.15, -0.1) is 0 Å². The molecule has 0 spiro atoms. The number of aromatic nitrogens is 3. The van der Waals surface area contributed by atoms with Crippen molar-refractivity contribution in [1.29, 1.82) is 0 Å². The first kappa shape index (κ1) is 13.5. The van der Waals surface area contributed by atoms with Crippen molar-refractivity contribution in [2.45, 2.75) is 19.4 Å². The van der Waals surface area contributed by atoms with E-state index in [0.717, 1.165) is 31.4 Å². The van der Waals surface area contributed by atoms with E-state index < -0.39 is 5.82 Å². The van der Waals surface area contributed by atoms with E-state index in [4.69, 9.17) is 0 Å². The Morgan fingerprint density at radius 2 is 2.33 bits per heavy atom. The molecule has 7 heteroatoms. The van der Waals surface area contributed by atoms with Gasteiger partial charge in [-0.2, -0.15) is 0 Å². The summed E-state index contributed by atoms with van der Waals surface area (Å²) in [5, 5.41) is 5.39. The average Bonchev–Trinajstić information content (AvgIpc) is 2.95. The molecule has 0 fully saturated rings. The first-order valence-corrected chi connectivity index (χ1v) is 6.87. The summed E-state index contributed by atoms with van der Waals surface area (Å²) in [5.41, 5.74) is 0. The Balaban J connectivity index is 1.47. The van der Waals surface area contributed by atoms with E-state index in [-0.39, 0.29) is 6.03 Å². The van der Waals surface area contributed by atoms with E-state index in [9.17, 15) is 9.18 Å². The Kier molecular flexibility index (Phi) is 3.81. The summed E-state index contributed by atoms with van der Waals surface area (Å²) in [7, 11) is 0. The number of carbonyl (C=O) groups excluding carboxylic acids is 1. The lowest BCUT2D eigenvalue weighted by Gasteiger charge is -2.23. The second-order valence-electron chi connectivity index (χ2n) is 5.09. The molecule has 1 atom stereocenters. The van der Waals surface area contributed by atoms with E-state index in [2.05, 4.69) is 25.2 Å². The Bertz CT molecular complexity index is 625. The number of fused-ring (bicyclic) bond motifs is 1. The third-order valence-electron chi connectivity index (χ3n) is 3.57. The summed E-state index contributed by atoms with van der Waals surface area (Å²) in [6.45, 7) is 1.52. The third kappa shape index (κ3) is 3.36. The van der Waals surface area contributed by atoms with Gasteiger partial charge in [0.15, 0.2) is 0 Å². The number of amides is 2. The van der Waals surface area contributed by atoms with Gasteiger partial charge in [0.1, 0.15) is 17.5 Å². The fraction of sp³-hybridized carbons (Fsp3) is 0.357. The Hall–Kier alpha value is -2.44. The highest BCUT2D eigenvalue weighted by Gasteiger charge is 2.19. The summed E-state index contributed by atoms with van der Waals surface area (Å²) in [6.07, 6.45) is 6.72. The molecule has 0 bridgehead atoms. The zero-order valence-corrected chi connectivity index (χ0v) is 11.4. The highest BCUT2D eigenvalue weighted by Crippen LogP contribution is 2.18. The SMILES string of the molecule is O=C(NC[C@H]1CCn2ccnc2C1)Nc1ccc(F)cn1. The van der Waals surface area contributed by atoms with Crippen molar-refractivity contribution >= 4 is 11.8 Å². The lowest BCUT2D eigenvalue weighted by Crippen LogP contribution is -2.35. The molecule has 0 unspecified atom stereocenters. The number of hydrogen-bond acceptors (Lipinski definition) is 3.